The largest absolute Gasteiger partial charge is 0.373 e. The first-order valence-corrected chi connectivity index (χ1v) is 7.58. The van der Waals surface area contributed by atoms with Crippen molar-refractivity contribution >= 4 is 17.2 Å². The van der Waals surface area contributed by atoms with Gasteiger partial charge in [0.1, 0.15) is 16.4 Å². The lowest BCUT2D eigenvalue weighted by Crippen LogP contribution is -2.36. The van der Waals surface area contributed by atoms with Crippen LogP contribution in [0, 0.1) is 0 Å². The lowest BCUT2D eigenvalue weighted by Gasteiger charge is -2.15. The van der Waals surface area contributed by atoms with Crippen LogP contribution in [0.2, 0.25) is 0 Å². The number of aromatic nitrogens is 3. The number of nitrogens with zero attached hydrogens (tertiary/aromatic N) is 3. The van der Waals surface area contributed by atoms with Gasteiger partial charge < -0.3 is 10.1 Å². The molecule has 110 valence electrons. The molecule has 0 bridgehead atoms. The second-order valence-corrected chi connectivity index (χ2v) is 6.43. The van der Waals surface area contributed by atoms with Crippen molar-refractivity contribution in [2.24, 2.45) is 0 Å². The Morgan fingerprint density at radius 1 is 1.48 bits per heavy atom. The molecule has 7 heteroatoms. The van der Waals surface area contributed by atoms with E-state index in [1.807, 2.05) is 13.8 Å². The summed E-state index contributed by atoms with van der Waals surface area (Å²) in [7, 11) is 0. The number of thiazole rings is 1. The topological polar surface area (TPSA) is 77.0 Å². The molecule has 3 rings (SSSR count). The number of ether oxygens (including phenoxy) is 1. The lowest BCUT2D eigenvalue weighted by atomic mass is 10.0. The number of hydrogen-bond donors (Lipinski definition) is 1. The Morgan fingerprint density at radius 3 is 3.00 bits per heavy atom. The third-order valence-electron chi connectivity index (χ3n) is 3.27. The zero-order chi connectivity index (χ0) is 14.9. The minimum Gasteiger partial charge on any atom is -0.373 e. The Bertz CT molecular complexity index is 641. The Hall–Kier alpha value is -1.86. The molecule has 2 aromatic heterocycles. The van der Waals surface area contributed by atoms with E-state index in [0.717, 1.165) is 6.42 Å². The average Bonchev–Trinajstić information content (AvgIpc) is 3.07. The maximum Gasteiger partial charge on any atom is 0.271 e. The Morgan fingerprint density at radius 2 is 2.33 bits per heavy atom. The van der Waals surface area contributed by atoms with E-state index in [1.54, 1.807) is 24.0 Å². The van der Waals surface area contributed by atoms with E-state index >= 15 is 0 Å². The van der Waals surface area contributed by atoms with Crippen LogP contribution < -0.4 is 5.32 Å². The van der Waals surface area contributed by atoms with Crippen molar-refractivity contribution in [1.82, 2.24) is 20.3 Å². The standard InChI is InChI=1S/C14H16N4O2S/c1-14(2)5-9(7-20-14)17-12(19)11-8-21-13(18-11)10-6-15-3-4-16-10/h3-4,6,8-9H,5,7H2,1-2H3,(H,17,19). The summed E-state index contributed by atoms with van der Waals surface area (Å²) < 4.78 is 5.61. The second kappa shape index (κ2) is 5.50. The molecule has 0 saturated carbocycles. The molecule has 3 heterocycles. The van der Waals surface area contributed by atoms with E-state index in [-0.39, 0.29) is 17.6 Å². The van der Waals surface area contributed by atoms with Crippen LogP contribution in [-0.4, -0.2) is 39.1 Å². The summed E-state index contributed by atoms with van der Waals surface area (Å²) in [5.74, 6) is -0.173. The van der Waals surface area contributed by atoms with Crippen molar-refractivity contribution in [2.45, 2.75) is 31.9 Å². The van der Waals surface area contributed by atoms with Gasteiger partial charge in [-0.25, -0.2) is 4.98 Å². The molecule has 0 spiro atoms. The molecule has 1 aliphatic rings. The lowest BCUT2D eigenvalue weighted by molar-refractivity contribution is 0.0355. The van der Waals surface area contributed by atoms with Crippen LogP contribution in [0.5, 0.6) is 0 Å². The molecule has 21 heavy (non-hydrogen) atoms. The van der Waals surface area contributed by atoms with Crippen LogP contribution >= 0.6 is 11.3 Å². The first kappa shape index (κ1) is 14.1. The van der Waals surface area contributed by atoms with Gasteiger partial charge in [-0.1, -0.05) is 0 Å². The van der Waals surface area contributed by atoms with Gasteiger partial charge in [-0.2, -0.15) is 0 Å². The SMILES string of the molecule is CC1(C)CC(NC(=O)c2csc(-c3cnccn3)n2)CO1. The fourth-order valence-corrected chi connectivity index (χ4v) is 3.05. The summed E-state index contributed by atoms with van der Waals surface area (Å²) in [6.45, 7) is 4.59. The van der Waals surface area contributed by atoms with Crippen molar-refractivity contribution in [1.29, 1.82) is 0 Å². The molecule has 2 aromatic rings. The van der Waals surface area contributed by atoms with Crippen molar-refractivity contribution < 1.29 is 9.53 Å². The quantitative estimate of drug-likeness (QED) is 0.937. The molecule has 1 fully saturated rings. The van der Waals surface area contributed by atoms with Gasteiger partial charge in [0.15, 0.2) is 0 Å². The molecule has 1 amide bonds. The smallest absolute Gasteiger partial charge is 0.271 e. The summed E-state index contributed by atoms with van der Waals surface area (Å²) in [5.41, 5.74) is 0.905. The number of hydrogen-bond acceptors (Lipinski definition) is 6. The van der Waals surface area contributed by atoms with Gasteiger partial charge in [-0.3, -0.25) is 14.8 Å². The second-order valence-electron chi connectivity index (χ2n) is 5.57. The maximum absolute atomic E-state index is 12.2. The maximum atomic E-state index is 12.2. The number of rotatable bonds is 3. The van der Waals surface area contributed by atoms with Gasteiger partial charge in [-0.05, 0) is 20.3 Å². The Labute approximate surface area is 126 Å². The predicted molar refractivity (Wildman–Crippen MR) is 79.0 cm³/mol. The highest BCUT2D eigenvalue weighted by atomic mass is 32.1. The highest BCUT2D eigenvalue weighted by molar-refractivity contribution is 7.13. The molecule has 1 atom stereocenters. The molecule has 1 aliphatic heterocycles. The van der Waals surface area contributed by atoms with E-state index in [1.165, 1.54) is 11.3 Å². The van der Waals surface area contributed by atoms with Crippen LogP contribution in [0.3, 0.4) is 0 Å². The van der Waals surface area contributed by atoms with E-state index in [4.69, 9.17) is 4.74 Å². The number of amides is 1. The van der Waals surface area contributed by atoms with Crippen molar-refractivity contribution in [2.75, 3.05) is 6.61 Å². The van der Waals surface area contributed by atoms with E-state index in [9.17, 15) is 4.79 Å². The van der Waals surface area contributed by atoms with Crippen molar-refractivity contribution in [3.8, 4) is 10.7 Å². The Balaban J connectivity index is 1.68. The third-order valence-corrected chi connectivity index (χ3v) is 4.13. The van der Waals surface area contributed by atoms with Gasteiger partial charge >= 0.3 is 0 Å². The number of carbonyl (C=O) groups is 1. The molecule has 0 aliphatic carbocycles. The van der Waals surface area contributed by atoms with Gasteiger partial charge in [-0.15, -0.1) is 11.3 Å². The van der Waals surface area contributed by atoms with Gasteiger partial charge in [0.2, 0.25) is 0 Å². The van der Waals surface area contributed by atoms with Gasteiger partial charge in [0.05, 0.1) is 24.4 Å². The molecule has 0 radical (unpaired) electrons. The van der Waals surface area contributed by atoms with Crippen LogP contribution in [0.4, 0.5) is 0 Å². The number of carbonyl (C=O) groups excluding carboxylic acids is 1. The van der Waals surface area contributed by atoms with E-state index in [0.29, 0.717) is 23.0 Å². The van der Waals surface area contributed by atoms with Crippen molar-refractivity contribution in [3.63, 3.8) is 0 Å². The van der Waals surface area contributed by atoms with Crippen LogP contribution in [-0.2, 0) is 4.74 Å². The molecule has 1 unspecified atom stereocenters. The first-order valence-electron chi connectivity index (χ1n) is 6.70. The van der Waals surface area contributed by atoms with Crippen molar-refractivity contribution in [3.05, 3.63) is 29.7 Å². The highest BCUT2D eigenvalue weighted by Gasteiger charge is 2.33. The highest BCUT2D eigenvalue weighted by Crippen LogP contribution is 2.25. The minimum atomic E-state index is -0.176. The summed E-state index contributed by atoms with van der Waals surface area (Å²) >= 11 is 1.38. The molecule has 0 aromatic carbocycles. The van der Waals surface area contributed by atoms with Crippen LogP contribution in [0.15, 0.2) is 24.0 Å². The zero-order valence-electron chi connectivity index (χ0n) is 11.9. The minimum absolute atomic E-state index is 0.0363. The first-order chi connectivity index (χ1) is 10.0. The summed E-state index contributed by atoms with van der Waals surface area (Å²) in [6.07, 6.45) is 5.65. The molecule has 1 saturated heterocycles. The van der Waals surface area contributed by atoms with Gasteiger partial charge in [0.25, 0.3) is 5.91 Å². The zero-order valence-corrected chi connectivity index (χ0v) is 12.7. The monoisotopic (exact) mass is 304 g/mol. The summed E-state index contributed by atoms with van der Waals surface area (Å²) in [5, 5.41) is 5.39. The predicted octanol–water partition coefficient (Wildman–Crippen LogP) is 1.90. The summed E-state index contributed by atoms with van der Waals surface area (Å²) in [4.78, 5) is 24.7. The molecule has 1 N–H and O–H groups in total. The molecular formula is C14H16N4O2S. The van der Waals surface area contributed by atoms with Crippen LogP contribution in [0.1, 0.15) is 30.8 Å². The fourth-order valence-electron chi connectivity index (χ4n) is 2.29. The average molecular weight is 304 g/mol. The summed E-state index contributed by atoms with van der Waals surface area (Å²) in [6, 6.07) is 0.0363. The van der Waals surface area contributed by atoms with E-state index in [2.05, 4.69) is 20.3 Å². The fraction of sp³-hybridized carbons (Fsp3) is 0.429. The molecule has 6 nitrogen and oxygen atoms in total. The van der Waals surface area contributed by atoms with Gasteiger partial charge in [0, 0.05) is 17.8 Å². The molecular weight excluding hydrogens is 288 g/mol. The van der Waals surface area contributed by atoms with E-state index < -0.39 is 0 Å². The Kier molecular flexibility index (Phi) is 3.69. The number of nitrogens with one attached hydrogen (secondary N) is 1. The third kappa shape index (κ3) is 3.25. The normalized spacial score (nSPS) is 20.4. The van der Waals surface area contributed by atoms with Crippen LogP contribution in [0.25, 0.3) is 10.7 Å².